The topological polar surface area (TPSA) is 50.3 Å². The van der Waals surface area contributed by atoms with Gasteiger partial charge in [0.25, 0.3) is 5.91 Å². The number of hydrazone groups is 1. The Labute approximate surface area is 169 Å². The Balaban J connectivity index is 1.40. The molecule has 2 aromatic carbocycles. The second-order valence-electron chi connectivity index (χ2n) is 6.78. The number of benzene rings is 2. The summed E-state index contributed by atoms with van der Waals surface area (Å²) >= 11 is 12.1. The molecule has 7 heteroatoms. The summed E-state index contributed by atoms with van der Waals surface area (Å²) in [6.07, 6.45) is 1.52. The molecular formula is C20H24Cl2N4O+2. The minimum Gasteiger partial charge on any atom is -0.322 e. The quantitative estimate of drug-likeness (QED) is 0.472. The van der Waals surface area contributed by atoms with Gasteiger partial charge in [-0.3, -0.25) is 4.79 Å². The van der Waals surface area contributed by atoms with Crippen LogP contribution in [0.1, 0.15) is 11.1 Å². The van der Waals surface area contributed by atoms with Crippen molar-refractivity contribution in [2.24, 2.45) is 5.10 Å². The standard InChI is InChI=1S/C20H22Cl2N4O/c21-18-8-4-7-17(20(18)22)13-23-24-19(27)15-26-11-9-25(10-12-26)14-16-5-2-1-3-6-16/h1-8,13H,9-12,14-15H2,(H,24,27)/p+2. The van der Waals surface area contributed by atoms with Gasteiger partial charge >= 0.3 is 0 Å². The molecule has 1 aliphatic heterocycles. The normalized spacial score (nSPS) is 19.9. The maximum absolute atomic E-state index is 12.1. The van der Waals surface area contributed by atoms with Gasteiger partial charge in [0.05, 0.1) is 16.3 Å². The highest BCUT2D eigenvalue weighted by Crippen LogP contribution is 2.23. The van der Waals surface area contributed by atoms with E-state index in [1.807, 2.05) is 6.07 Å². The molecule has 0 saturated carbocycles. The highest BCUT2D eigenvalue weighted by atomic mass is 35.5. The molecular weight excluding hydrogens is 383 g/mol. The Morgan fingerprint density at radius 3 is 2.44 bits per heavy atom. The lowest BCUT2D eigenvalue weighted by Crippen LogP contribution is -3.28. The van der Waals surface area contributed by atoms with E-state index in [1.165, 1.54) is 16.7 Å². The largest absolute Gasteiger partial charge is 0.322 e. The molecule has 0 unspecified atom stereocenters. The summed E-state index contributed by atoms with van der Waals surface area (Å²) in [5.74, 6) is -0.0918. The van der Waals surface area contributed by atoms with Gasteiger partial charge in [-0.05, 0) is 6.07 Å². The van der Waals surface area contributed by atoms with E-state index >= 15 is 0 Å². The molecule has 27 heavy (non-hydrogen) atoms. The summed E-state index contributed by atoms with van der Waals surface area (Å²) in [6, 6.07) is 15.8. The molecule has 5 nitrogen and oxygen atoms in total. The first-order chi connectivity index (χ1) is 13.1. The van der Waals surface area contributed by atoms with Crippen molar-refractivity contribution in [2.75, 3.05) is 32.7 Å². The number of rotatable bonds is 6. The van der Waals surface area contributed by atoms with E-state index in [9.17, 15) is 4.79 Å². The Morgan fingerprint density at radius 1 is 1.00 bits per heavy atom. The molecule has 1 saturated heterocycles. The van der Waals surface area contributed by atoms with Gasteiger partial charge in [0, 0.05) is 11.1 Å². The van der Waals surface area contributed by atoms with Crippen molar-refractivity contribution in [2.45, 2.75) is 6.54 Å². The molecule has 0 aromatic heterocycles. The molecule has 0 spiro atoms. The lowest BCUT2D eigenvalue weighted by atomic mass is 10.2. The predicted molar refractivity (Wildman–Crippen MR) is 109 cm³/mol. The van der Waals surface area contributed by atoms with Crippen molar-refractivity contribution in [3.8, 4) is 0 Å². The van der Waals surface area contributed by atoms with E-state index in [0.29, 0.717) is 22.2 Å². The highest BCUT2D eigenvalue weighted by molar-refractivity contribution is 6.43. The maximum atomic E-state index is 12.1. The van der Waals surface area contributed by atoms with Gasteiger partial charge < -0.3 is 9.80 Å². The average molecular weight is 407 g/mol. The van der Waals surface area contributed by atoms with E-state index in [4.69, 9.17) is 23.2 Å². The van der Waals surface area contributed by atoms with E-state index in [1.54, 1.807) is 23.1 Å². The number of piperazine rings is 1. The van der Waals surface area contributed by atoms with Crippen molar-refractivity contribution in [1.82, 2.24) is 5.43 Å². The molecule has 0 bridgehead atoms. The van der Waals surface area contributed by atoms with Gasteiger partial charge in [0.15, 0.2) is 6.54 Å². The van der Waals surface area contributed by atoms with Gasteiger partial charge in [-0.2, -0.15) is 5.10 Å². The van der Waals surface area contributed by atoms with Crippen LogP contribution in [-0.2, 0) is 11.3 Å². The molecule has 3 N–H and O–H groups in total. The van der Waals surface area contributed by atoms with Crippen molar-refractivity contribution in [3.05, 3.63) is 69.7 Å². The molecule has 1 aliphatic rings. The van der Waals surface area contributed by atoms with Crippen molar-refractivity contribution in [3.63, 3.8) is 0 Å². The fourth-order valence-corrected chi connectivity index (χ4v) is 3.61. The van der Waals surface area contributed by atoms with Crippen molar-refractivity contribution >= 4 is 35.3 Å². The number of carbonyl (C=O) groups is 1. The van der Waals surface area contributed by atoms with Crippen molar-refractivity contribution < 1.29 is 14.6 Å². The number of hydrogen-bond donors (Lipinski definition) is 3. The first-order valence-corrected chi connectivity index (χ1v) is 9.84. The van der Waals surface area contributed by atoms with Gasteiger partial charge in [-0.25, -0.2) is 5.43 Å². The molecule has 0 aliphatic carbocycles. The van der Waals surface area contributed by atoms with Crippen LogP contribution in [0.15, 0.2) is 53.6 Å². The van der Waals surface area contributed by atoms with Gasteiger partial charge in [0.2, 0.25) is 0 Å². The maximum Gasteiger partial charge on any atom is 0.295 e. The molecule has 2 aromatic rings. The van der Waals surface area contributed by atoms with Crippen LogP contribution in [0.25, 0.3) is 0 Å². The van der Waals surface area contributed by atoms with E-state index < -0.39 is 0 Å². The third-order valence-electron chi connectivity index (χ3n) is 4.75. The van der Waals surface area contributed by atoms with Crippen LogP contribution in [0, 0.1) is 0 Å². The smallest absolute Gasteiger partial charge is 0.295 e. The summed E-state index contributed by atoms with van der Waals surface area (Å²) in [5.41, 5.74) is 4.62. The number of nitrogens with zero attached hydrogens (tertiary/aromatic N) is 1. The van der Waals surface area contributed by atoms with Crippen LogP contribution in [-0.4, -0.2) is 44.8 Å². The molecule has 0 radical (unpaired) electrons. The molecule has 3 rings (SSSR count). The molecule has 1 fully saturated rings. The number of hydrogen-bond acceptors (Lipinski definition) is 2. The van der Waals surface area contributed by atoms with Crippen LogP contribution in [0.2, 0.25) is 10.0 Å². The third kappa shape index (κ3) is 6.04. The zero-order chi connectivity index (χ0) is 19.1. The van der Waals surface area contributed by atoms with Crippen molar-refractivity contribution in [1.29, 1.82) is 0 Å². The van der Waals surface area contributed by atoms with Gasteiger partial charge in [0.1, 0.15) is 32.7 Å². The zero-order valence-electron chi connectivity index (χ0n) is 15.1. The SMILES string of the molecule is O=C(C[NH+]1CC[NH+](Cc2ccccc2)CC1)NN=Cc1cccc(Cl)c1Cl. The van der Waals surface area contributed by atoms with Crippen LogP contribution < -0.4 is 15.2 Å². The van der Waals surface area contributed by atoms with E-state index in [2.05, 4.69) is 34.8 Å². The summed E-state index contributed by atoms with van der Waals surface area (Å²) in [5, 5.41) is 4.89. The third-order valence-corrected chi connectivity index (χ3v) is 5.58. The molecule has 142 valence electrons. The van der Waals surface area contributed by atoms with E-state index in [-0.39, 0.29) is 5.91 Å². The summed E-state index contributed by atoms with van der Waals surface area (Å²) in [4.78, 5) is 15.0. The fraction of sp³-hybridized carbons (Fsp3) is 0.300. The molecule has 0 atom stereocenters. The highest BCUT2D eigenvalue weighted by Gasteiger charge is 2.24. The van der Waals surface area contributed by atoms with Crippen LogP contribution in [0.5, 0.6) is 0 Å². The Morgan fingerprint density at radius 2 is 1.70 bits per heavy atom. The molecule has 1 heterocycles. The summed E-state index contributed by atoms with van der Waals surface area (Å²) in [6.45, 7) is 5.58. The van der Waals surface area contributed by atoms with E-state index in [0.717, 1.165) is 32.7 Å². The average Bonchev–Trinajstić information content (AvgIpc) is 2.67. The zero-order valence-corrected chi connectivity index (χ0v) is 16.6. The second kappa shape index (κ2) is 9.85. The Bertz CT molecular complexity index is 790. The monoisotopic (exact) mass is 406 g/mol. The lowest BCUT2D eigenvalue weighted by Gasteiger charge is -2.29. The summed E-state index contributed by atoms with van der Waals surface area (Å²) < 4.78 is 0. The van der Waals surface area contributed by atoms with Gasteiger partial charge in [-0.15, -0.1) is 0 Å². The number of carbonyl (C=O) groups excluding carboxylic acids is 1. The minimum atomic E-state index is -0.0918. The molecule has 1 amide bonds. The Hall–Kier alpha value is -1.92. The first-order valence-electron chi connectivity index (χ1n) is 9.09. The van der Waals surface area contributed by atoms with Gasteiger partial charge in [-0.1, -0.05) is 65.7 Å². The van der Waals surface area contributed by atoms with Crippen LogP contribution in [0.4, 0.5) is 0 Å². The number of amides is 1. The van der Waals surface area contributed by atoms with Crippen LogP contribution in [0.3, 0.4) is 0 Å². The lowest BCUT2D eigenvalue weighted by molar-refractivity contribution is -1.02. The predicted octanol–water partition coefficient (Wildman–Crippen LogP) is 0.427. The number of quaternary nitrogens is 2. The van der Waals surface area contributed by atoms with Crippen LogP contribution >= 0.6 is 23.2 Å². The second-order valence-corrected chi connectivity index (χ2v) is 7.56. The number of nitrogens with one attached hydrogen (secondary N) is 3. The first kappa shape index (κ1) is 19.8. The minimum absolute atomic E-state index is 0.0918. The number of halogens is 2. The summed E-state index contributed by atoms with van der Waals surface area (Å²) in [7, 11) is 0. The Kier molecular flexibility index (Phi) is 7.24. The fourth-order valence-electron chi connectivity index (χ4n) is 3.26.